The lowest BCUT2D eigenvalue weighted by Gasteiger charge is -2.41. The Labute approximate surface area is 201 Å². The van der Waals surface area contributed by atoms with Crippen molar-refractivity contribution < 1.29 is 14.7 Å². The molecule has 4 aromatic rings. The van der Waals surface area contributed by atoms with Gasteiger partial charge in [0.25, 0.3) is 5.91 Å². The molecule has 0 saturated carbocycles. The first-order valence-corrected chi connectivity index (χ1v) is 11.5. The molecule has 2 amide bonds. The van der Waals surface area contributed by atoms with Crippen molar-refractivity contribution in [1.29, 1.82) is 0 Å². The first-order chi connectivity index (χ1) is 17.1. The number of carbonyl (C=O) groups excluding carboxylic acids is 2. The van der Waals surface area contributed by atoms with Crippen LogP contribution in [-0.2, 0) is 16.1 Å². The molecule has 2 aliphatic rings. The number of hydrogen-bond donors (Lipinski definition) is 1. The van der Waals surface area contributed by atoms with E-state index < -0.39 is 24.1 Å². The normalized spacial score (nSPS) is 22.6. The van der Waals surface area contributed by atoms with E-state index in [1.54, 1.807) is 15.8 Å². The van der Waals surface area contributed by atoms with Crippen molar-refractivity contribution in [2.45, 2.75) is 24.7 Å². The van der Waals surface area contributed by atoms with Gasteiger partial charge in [0, 0.05) is 0 Å². The third kappa shape index (κ3) is 3.50. The largest absolute Gasteiger partial charge is 0.386 e. The molecule has 1 aromatic heterocycles. The molecule has 0 radical (unpaired) electrons. The highest BCUT2D eigenvalue weighted by atomic mass is 16.3. The lowest BCUT2D eigenvalue weighted by Crippen LogP contribution is -2.58. The summed E-state index contributed by atoms with van der Waals surface area (Å²) in [5.74, 6) is -1.22. The Morgan fingerprint density at radius 1 is 0.829 bits per heavy atom. The minimum Gasteiger partial charge on any atom is -0.386 e. The Morgan fingerprint density at radius 2 is 1.54 bits per heavy atom. The zero-order valence-corrected chi connectivity index (χ0v) is 18.8. The van der Waals surface area contributed by atoms with Crippen LogP contribution in [-0.4, -0.2) is 48.8 Å². The zero-order chi connectivity index (χ0) is 23.9. The highest BCUT2D eigenvalue weighted by Gasteiger charge is 2.53. The number of likely N-dealkylation sites (tertiary alicyclic amines) is 1. The van der Waals surface area contributed by atoms with Gasteiger partial charge in [-0.15, -0.1) is 10.2 Å². The van der Waals surface area contributed by atoms with E-state index in [-0.39, 0.29) is 18.4 Å². The van der Waals surface area contributed by atoms with Crippen molar-refractivity contribution >= 4 is 22.6 Å². The Bertz CT molecular complexity index is 1410. The average Bonchev–Trinajstić information content (AvgIpc) is 3.52. The molecule has 3 aromatic carbocycles. The maximum absolute atomic E-state index is 13.7. The van der Waals surface area contributed by atoms with Crippen LogP contribution >= 0.6 is 0 Å². The molecule has 4 unspecified atom stereocenters. The molecular formula is C27H23N5O3. The van der Waals surface area contributed by atoms with Crippen LogP contribution in [0.3, 0.4) is 0 Å². The Kier molecular flexibility index (Phi) is 5.15. The third-order valence-electron chi connectivity index (χ3n) is 6.84. The number of fused-ring (bicyclic) bond motifs is 2. The number of amides is 2. The van der Waals surface area contributed by atoms with Crippen molar-refractivity contribution in [2.75, 3.05) is 5.01 Å². The molecule has 0 spiro atoms. The van der Waals surface area contributed by atoms with Gasteiger partial charge in [-0.25, -0.2) is 4.68 Å². The third-order valence-corrected chi connectivity index (χ3v) is 6.84. The van der Waals surface area contributed by atoms with E-state index in [0.29, 0.717) is 0 Å². The van der Waals surface area contributed by atoms with E-state index in [9.17, 15) is 14.7 Å². The summed E-state index contributed by atoms with van der Waals surface area (Å²) in [6, 6.07) is 21.7. The first kappa shape index (κ1) is 21.2. The summed E-state index contributed by atoms with van der Waals surface area (Å²) in [6.45, 7) is 0.200. The number of hydrogen-bond acceptors (Lipinski definition) is 6. The van der Waals surface area contributed by atoms with Gasteiger partial charge >= 0.3 is 0 Å². The van der Waals surface area contributed by atoms with Gasteiger partial charge in [0.1, 0.15) is 24.8 Å². The molecule has 0 bridgehead atoms. The molecule has 0 aliphatic carbocycles. The van der Waals surface area contributed by atoms with Gasteiger partial charge < -0.3 is 5.11 Å². The fourth-order valence-electron chi connectivity index (χ4n) is 5.19. The number of imide groups is 1. The van der Waals surface area contributed by atoms with E-state index in [1.807, 2.05) is 78.9 Å². The van der Waals surface area contributed by atoms with Crippen molar-refractivity contribution in [3.63, 3.8) is 0 Å². The van der Waals surface area contributed by atoms with Crippen LogP contribution < -0.4 is 5.01 Å². The topological polar surface area (TPSA) is 91.6 Å². The smallest absolute Gasteiger partial charge is 0.255 e. The second kappa shape index (κ2) is 8.48. The maximum atomic E-state index is 13.7. The number of carbonyl (C=O) groups is 2. The molecule has 1 fully saturated rings. The van der Waals surface area contributed by atoms with Crippen LogP contribution in [0.25, 0.3) is 10.8 Å². The van der Waals surface area contributed by atoms with E-state index in [0.717, 1.165) is 21.9 Å². The van der Waals surface area contributed by atoms with Crippen LogP contribution in [0.5, 0.6) is 0 Å². The highest BCUT2D eigenvalue weighted by molar-refractivity contribution is 6.09. The Hall–Kier alpha value is -4.30. The molecule has 8 nitrogen and oxygen atoms in total. The SMILES string of the molecule is O=C1C2C=CC(C(O)c3cccc4ccccc34)N(n3cnnc3)C2C(=O)N1Cc1ccccc1. The van der Waals surface area contributed by atoms with Gasteiger partial charge in [-0.1, -0.05) is 84.9 Å². The lowest BCUT2D eigenvalue weighted by atomic mass is 9.89. The minimum atomic E-state index is -0.966. The molecular weight excluding hydrogens is 442 g/mol. The standard InChI is InChI=1S/C27H23N5O3/c33-25(21-12-6-10-19-9-4-5-11-20(19)21)23-14-13-22-24(32(23)30-16-28-29-17-30)27(35)31(26(22)34)15-18-7-2-1-3-8-18/h1-14,16-17,22-25,33H,15H2. The summed E-state index contributed by atoms with van der Waals surface area (Å²) in [4.78, 5) is 28.3. The second-order valence-corrected chi connectivity index (χ2v) is 8.83. The molecule has 174 valence electrons. The van der Waals surface area contributed by atoms with Gasteiger partial charge in [0.15, 0.2) is 0 Å². The predicted molar refractivity (Wildman–Crippen MR) is 129 cm³/mol. The van der Waals surface area contributed by atoms with Crippen LogP contribution in [0.1, 0.15) is 17.2 Å². The summed E-state index contributed by atoms with van der Waals surface area (Å²) in [6.07, 6.45) is 5.57. The summed E-state index contributed by atoms with van der Waals surface area (Å²) < 4.78 is 1.59. The van der Waals surface area contributed by atoms with Crippen molar-refractivity contribution in [2.24, 2.45) is 5.92 Å². The molecule has 8 heteroatoms. The fourth-order valence-corrected chi connectivity index (χ4v) is 5.19. The average molecular weight is 466 g/mol. The number of aliphatic hydroxyl groups excluding tert-OH is 1. The number of rotatable bonds is 5. The molecule has 2 aliphatic heterocycles. The Balaban J connectivity index is 1.40. The maximum Gasteiger partial charge on any atom is 0.255 e. The van der Waals surface area contributed by atoms with Crippen LogP contribution in [0.2, 0.25) is 0 Å². The molecule has 1 N–H and O–H groups in total. The molecule has 35 heavy (non-hydrogen) atoms. The van der Waals surface area contributed by atoms with Crippen LogP contribution in [0.15, 0.2) is 97.6 Å². The van der Waals surface area contributed by atoms with E-state index in [2.05, 4.69) is 10.2 Å². The number of benzene rings is 3. The molecule has 6 rings (SSSR count). The zero-order valence-electron chi connectivity index (χ0n) is 18.8. The fraction of sp³-hybridized carbons (Fsp3) is 0.185. The Morgan fingerprint density at radius 3 is 2.34 bits per heavy atom. The van der Waals surface area contributed by atoms with Crippen molar-refractivity contribution in [1.82, 2.24) is 19.8 Å². The van der Waals surface area contributed by atoms with Gasteiger partial charge in [0.05, 0.1) is 18.5 Å². The van der Waals surface area contributed by atoms with Crippen molar-refractivity contribution in [3.05, 3.63) is 109 Å². The van der Waals surface area contributed by atoms with E-state index in [1.165, 1.54) is 17.6 Å². The van der Waals surface area contributed by atoms with Gasteiger partial charge in [-0.3, -0.25) is 19.5 Å². The number of aromatic nitrogens is 3. The monoisotopic (exact) mass is 465 g/mol. The van der Waals surface area contributed by atoms with E-state index >= 15 is 0 Å². The first-order valence-electron chi connectivity index (χ1n) is 11.5. The lowest BCUT2D eigenvalue weighted by molar-refractivity contribution is -0.139. The molecule has 1 saturated heterocycles. The summed E-state index contributed by atoms with van der Waals surface area (Å²) in [5, 5.41) is 23.1. The van der Waals surface area contributed by atoms with Crippen LogP contribution in [0.4, 0.5) is 0 Å². The number of aliphatic hydroxyl groups is 1. The second-order valence-electron chi connectivity index (χ2n) is 8.83. The summed E-state index contributed by atoms with van der Waals surface area (Å²) >= 11 is 0. The molecule has 4 atom stereocenters. The molecule has 3 heterocycles. The van der Waals surface area contributed by atoms with Gasteiger partial charge in [0.2, 0.25) is 5.91 Å². The summed E-state index contributed by atoms with van der Waals surface area (Å²) in [5.41, 5.74) is 1.62. The van der Waals surface area contributed by atoms with E-state index in [4.69, 9.17) is 0 Å². The minimum absolute atomic E-state index is 0.200. The quantitative estimate of drug-likeness (QED) is 0.360. The van der Waals surface area contributed by atoms with Gasteiger partial charge in [-0.2, -0.15) is 0 Å². The predicted octanol–water partition coefficient (Wildman–Crippen LogP) is 2.60. The highest BCUT2D eigenvalue weighted by Crippen LogP contribution is 2.37. The summed E-state index contributed by atoms with van der Waals surface area (Å²) in [7, 11) is 0. The number of nitrogens with zero attached hydrogens (tertiary/aromatic N) is 5. The van der Waals surface area contributed by atoms with Crippen molar-refractivity contribution in [3.8, 4) is 0 Å². The van der Waals surface area contributed by atoms with Crippen LogP contribution in [0, 0.1) is 5.92 Å². The van der Waals surface area contributed by atoms with Gasteiger partial charge in [-0.05, 0) is 21.9 Å².